The maximum Gasteiger partial charge on any atom is 0.314 e. The van der Waals surface area contributed by atoms with E-state index in [2.05, 4.69) is 4.98 Å². The van der Waals surface area contributed by atoms with E-state index in [1.165, 1.54) is 12.5 Å². The van der Waals surface area contributed by atoms with E-state index in [9.17, 15) is 9.59 Å². The zero-order valence-electron chi connectivity index (χ0n) is 10.1. The first-order chi connectivity index (χ1) is 8.50. The molecule has 5 nitrogen and oxygen atoms in total. The third-order valence-electron chi connectivity index (χ3n) is 2.83. The molecule has 0 aliphatic carbocycles. The molecule has 0 amide bonds. The van der Waals surface area contributed by atoms with E-state index in [-0.39, 0.29) is 5.92 Å². The predicted octanol–water partition coefficient (Wildman–Crippen LogP) is 2.37. The molecular weight excluding hydrogens is 234 g/mol. The van der Waals surface area contributed by atoms with E-state index in [4.69, 9.17) is 9.52 Å². The van der Waals surface area contributed by atoms with E-state index in [0.717, 1.165) is 0 Å². The van der Waals surface area contributed by atoms with Gasteiger partial charge in [-0.25, -0.2) is 4.98 Å². The zero-order chi connectivity index (χ0) is 13.3. The second kappa shape index (κ2) is 4.60. The van der Waals surface area contributed by atoms with Gasteiger partial charge in [0.15, 0.2) is 17.8 Å². The highest BCUT2D eigenvalue weighted by Crippen LogP contribution is 2.21. The molecule has 5 heteroatoms. The molecule has 0 spiro atoms. The molecule has 1 aromatic carbocycles. The van der Waals surface area contributed by atoms with Crippen LogP contribution in [0.4, 0.5) is 0 Å². The minimum absolute atomic E-state index is 0.263. The van der Waals surface area contributed by atoms with Crippen molar-refractivity contribution in [2.24, 2.45) is 11.8 Å². The minimum Gasteiger partial charge on any atom is -0.481 e. The SMILES string of the molecule is CC(C)C(C(=O)O)C(=O)c1ccc2ncoc2c1. The van der Waals surface area contributed by atoms with Gasteiger partial charge < -0.3 is 9.52 Å². The number of carbonyl (C=O) groups excluding carboxylic acids is 1. The maximum atomic E-state index is 12.2. The summed E-state index contributed by atoms with van der Waals surface area (Å²) in [5, 5.41) is 9.09. The van der Waals surface area contributed by atoms with Crippen LogP contribution in [0.15, 0.2) is 29.0 Å². The zero-order valence-corrected chi connectivity index (χ0v) is 10.1. The van der Waals surface area contributed by atoms with Crippen LogP contribution in [0.5, 0.6) is 0 Å². The van der Waals surface area contributed by atoms with Crippen LogP contribution in [0.3, 0.4) is 0 Å². The fourth-order valence-electron chi connectivity index (χ4n) is 1.89. The van der Waals surface area contributed by atoms with Crippen LogP contribution >= 0.6 is 0 Å². The molecule has 2 aromatic rings. The van der Waals surface area contributed by atoms with Gasteiger partial charge in [-0.3, -0.25) is 9.59 Å². The Morgan fingerprint density at radius 3 is 2.67 bits per heavy atom. The molecular formula is C13H13NO4. The molecule has 1 atom stereocenters. The number of ketones is 1. The summed E-state index contributed by atoms with van der Waals surface area (Å²) in [6, 6.07) is 4.75. The maximum absolute atomic E-state index is 12.2. The van der Waals surface area contributed by atoms with Gasteiger partial charge in [-0.15, -0.1) is 0 Å². The summed E-state index contributed by atoms with van der Waals surface area (Å²) in [5.74, 6) is -2.81. The molecule has 1 unspecified atom stereocenters. The average molecular weight is 247 g/mol. The molecule has 0 radical (unpaired) electrons. The first-order valence-corrected chi connectivity index (χ1v) is 5.61. The van der Waals surface area contributed by atoms with Gasteiger partial charge in [0, 0.05) is 5.56 Å². The largest absolute Gasteiger partial charge is 0.481 e. The van der Waals surface area contributed by atoms with E-state index in [0.29, 0.717) is 16.7 Å². The number of carboxylic acid groups (broad SMARTS) is 1. The Hall–Kier alpha value is -2.17. The van der Waals surface area contributed by atoms with Gasteiger partial charge in [0.05, 0.1) is 0 Å². The highest BCUT2D eigenvalue weighted by Gasteiger charge is 2.30. The number of nitrogens with zero attached hydrogens (tertiary/aromatic N) is 1. The lowest BCUT2D eigenvalue weighted by Crippen LogP contribution is -2.28. The van der Waals surface area contributed by atoms with Crippen molar-refractivity contribution in [2.45, 2.75) is 13.8 Å². The number of fused-ring (bicyclic) bond motifs is 1. The standard InChI is InChI=1S/C13H13NO4/c1-7(2)11(13(16)17)12(15)8-3-4-9-10(5-8)18-6-14-9/h3-7,11H,1-2H3,(H,16,17). The quantitative estimate of drug-likeness (QED) is 0.662. The Kier molecular flexibility index (Phi) is 3.14. The van der Waals surface area contributed by atoms with E-state index in [1.54, 1.807) is 26.0 Å². The summed E-state index contributed by atoms with van der Waals surface area (Å²) < 4.78 is 5.10. The smallest absolute Gasteiger partial charge is 0.314 e. The fourth-order valence-corrected chi connectivity index (χ4v) is 1.89. The van der Waals surface area contributed by atoms with E-state index >= 15 is 0 Å². The number of carboxylic acids is 1. The van der Waals surface area contributed by atoms with Gasteiger partial charge in [-0.2, -0.15) is 0 Å². The molecule has 2 rings (SSSR count). The van der Waals surface area contributed by atoms with Crippen molar-refractivity contribution < 1.29 is 19.1 Å². The third-order valence-corrected chi connectivity index (χ3v) is 2.83. The van der Waals surface area contributed by atoms with Gasteiger partial charge in [0.1, 0.15) is 11.4 Å². The Bertz CT molecular complexity index is 600. The van der Waals surface area contributed by atoms with Crippen molar-refractivity contribution in [2.75, 3.05) is 0 Å². The monoisotopic (exact) mass is 247 g/mol. The third kappa shape index (κ3) is 2.11. The lowest BCUT2D eigenvalue weighted by atomic mass is 9.88. The lowest BCUT2D eigenvalue weighted by Gasteiger charge is -2.14. The number of benzene rings is 1. The van der Waals surface area contributed by atoms with Gasteiger partial charge in [-0.05, 0) is 24.1 Å². The Labute approximate surface area is 103 Å². The summed E-state index contributed by atoms with van der Waals surface area (Å²) in [7, 11) is 0. The highest BCUT2D eigenvalue weighted by molar-refractivity contribution is 6.09. The van der Waals surface area contributed by atoms with Crippen LogP contribution in [0.25, 0.3) is 11.1 Å². The van der Waals surface area contributed by atoms with E-state index in [1.807, 2.05) is 0 Å². The summed E-state index contributed by atoms with van der Waals surface area (Å²) in [4.78, 5) is 27.2. The van der Waals surface area contributed by atoms with Crippen LogP contribution in [-0.4, -0.2) is 21.8 Å². The van der Waals surface area contributed by atoms with Gasteiger partial charge in [0.25, 0.3) is 0 Å². The Morgan fingerprint density at radius 2 is 2.06 bits per heavy atom. The number of hydrogen-bond donors (Lipinski definition) is 1. The van der Waals surface area contributed by atoms with Crippen LogP contribution < -0.4 is 0 Å². The molecule has 18 heavy (non-hydrogen) atoms. The topological polar surface area (TPSA) is 80.4 Å². The Balaban J connectivity index is 2.40. The van der Waals surface area contributed by atoms with Crippen LogP contribution in [0.2, 0.25) is 0 Å². The van der Waals surface area contributed by atoms with Gasteiger partial charge >= 0.3 is 5.97 Å². The predicted molar refractivity (Wildman–Crippen MR) is 64.3 cm³/mol. The molecule has 0 fully saturated rings. The first kappa shape index (κ1) is 12.3. The molecule has 0 aliphatic rings. The van der Waals surface area contributed by atoms with E-state index < -0.39 is 17.7 Å². The van der Waals surface area contributed by atoms with Crippen LogP contribution in [-0.2, 0) is 4.79 Å². The molecule has 94 valence electrons. The number of aliphatic carboxylic acids is 1. The number of carbonyl (C=O) groups is 2. The molecule has 0 aliphatic heterocycles. The second-order valence-corrected chi connectivity index (χ2v) is 4.46. The van der Waals surface area contributed by atoms with Crippen LogP contribution in [0, 0.1) is 11.8 Å². The number of aromatic nitrogens is 1. The minimum atomic E-state index is -1.10. The summed E-state index contributed by atoms with van der Waals surface area (Å²) >= 11 is 0. The fraction of sp³-hybridized carbons (Fsp3) is 0.308. The lowest BCUT2D eigenvalue weighted by molar-refractivity contribution is -0.141. The normalized spacial score (nSPS) is 12.8. The molecule has 0 saturated heterocycles. The van der Waals surface area contributed by atoms with Crippen molar-refractivity contribution in [3.63, 3.8) is 0 Å². The first-order valence-electron chi connectivity index (χ1n) is 5.61. The summed E-state index contributed by atoms with van der Waals surface area (Å²) in [6.45, 7) is 3.42. The summed E-state index contributed by atoms with van der Waals surface area (Å²) in [6.07, 6.45) is 1.29. The number of Topliss-reactive ketones (excluding diaryl/α,β-unsaturated/α-hetero) is 1. The highest BCUT2D eigenvalue weighted by atomic mass is 16.4. The molecule has 0 saturated carbocycles. The van der Waals surface area contributed by atoms with Crippen molar-refractivity contribution in [1.82, 2.24) is 4.98 Å². The molecule has 1 heterocycles. The number of oxazole rings is 1. The molecule has 1 N–H and O–H groups in total. The van der Waals surface area contributed by atoms with Crippen LogP contribution in [0.1, 0.15) is 24.2 Å². The van der Waals surface area contributed by atoms with Crippen molar-refractivity contribution >= 4 is 22.9 Å². The summed E-state index contributed by atoms with van der Waals surface area (Å²) in [5.41, 5.74) is 1.46. The van der Waals surface area contributed by atoms with Gasteiger partial charge in [-0.1, -0.05) is 13.8 Å². The van der Waals surface area contributed by atoms with Crippen molar-refractivity contribution in [3.8, 4) is 0 Å². The average Bonchev–Trinajstić information content (AvgIpc) is 2.74. The number of hydrogen-bond acceptors (Lipinski definition) is 4. The molecule has 1 aromatic heterocycles. The molecule has 0 bridgehead atoms. The second-order valence-electron chi connectivity index (χ2n) is 4.46. The van der Waals surface area contributed by atoms with Crippen molar-refractivity contribution in [1.29, 1.82) is 0 Å². The Morgan fingerprint density at radius 1 is 1.33 bits per heavy atom. The van der Waals surface area contributed by atoms with Gasteiger partial charge in [0.2, 0.25) is 0 Å². The number of rotatable bonds is 4. The van der Waals surface area contributed by atoms with Crippen molar-refractivity contribution in [3.05, 3.63) is 30.2 Å².